The molecule has 0 bridgehead atoms. The fourth-order valence-electron chi connectivity index (χ4n) is 3.39. The van der Waals surface area contributed by atoms with Gasteiger partial charge in [-0.25, -0.2) is 4.98 Å². The molecule has 1 atom stereocenters. The number of rotatable bonds is 6. The molecule has 1 amide bonds. The third-order valence-corrected chi connectivity index (χ3v) is 5.31. The summed E-state index contributed by atoms with van der Waals surface area (Å²) in [4.78, 5) is 17.8. The largest absolute Gasteiger partial charge is 0.330 e. The van der Waals surface area contributed by atoms with E-state index in [1.54, 1.807) is 18.2 Å². The van der Waals surface area contributed by atoms with Crippen LogP contribution < -0.4 is 10.6 Å². The van der Waals surface area contributed by atoms with Gasteiger partial charge in [-0.1, -0.05) is 65.7 Å². The number of imidazole rings is 1. The van der Waals surface area contributed by atoms with Gasteiger partial charge in [0, 0.05) is 22.8 Å². The Morgan fingerprint density at radius 1 is 1.00 bits per heavy atom. The van der Waals surface area contributed by atoms with Crippen LogP contribution in [0.5, 0.6) is 0 Å². The first-order valence-corrected chi connectivity index (χ1v) is 10.2. The Kier molecular flexibility index (Phi) is 6.04. The number of benzene rings is 3. The van der Waals surface area contributed by atoms with Crippen molar-refractivity contribution in [2.45, 2.75) is 12.6 Å². The van der Waals surface area contributed by atoms with Gasteiger partial charge in [0.25, 0.3) is 0 Å². The maximum atomic E-state index is 13.1. The third kappa shape index (κ3) is 4.49. The Bertz CT molecular complexity index is 1170. The van der Waals surface area contributed by atoms with Crippen molar-refractivity contribution < 1.29 is 4.79 Å². The number of aromatic nitrogens is 2. The number of hydrogen-bond donors (Lipinski definition) is 2. The lowest BCUT2D eigenvalue weighted by Crippen LogP contribution is -2.33. The highest BCUT2D eigenvalue weighted by molar-refractivity contribution is 6.35. The molecule has 0 aliphatic rings. The number of nitrogens with zero attached hydrogens (tertiary/aromatic N) is 2. The molecule has 5 nitrogen and oxygen atoms in total. The molecule has 152 valence electrons. The van der Waals surface area contributed by atoms with Gasteiger partial charge in [-0.2, -0.15) is 0 Å². The highest BCUT2D eigenvalue weighted by Gasteiger charge is 2.21. The Morgan fingerprint density at radius 2 is 1.67 bits per heavy atom. The summed E-state index contributed by atoms with van der Waals surface area (Å²) in [6.07, 6.45) is 0. The van der Waals surface area contributed by atoms with Gasteiger partial charge < -0.3 is 9.88 Å². The van der Waals surface area contributed by atoms with E-state index in [4.69, 9.17) is 23.2 Å². The summed E-state index contributed by atoms with van der Waals surface area (Å²) in [5.41, 5.74) is 3.36. The van der Waals surface area contributed by atoms with Crippen LogP contribution in [0.3, 0.4) is 0 Å². The molecular weight excluding hydrogens is 419 g/mol. The van der Waals surface area contributed by atoms with Gasteiger partial charge in [0.05, 0.1) is 17.6 Å². The van der Waals surface area contributed by atoms with E-state index < -0.39 is 6.04 Å². The number of amides is 1. The van der Waals surface area contributed by atoms with Crippen LogP contribution in [0.4, 0.5) is 5.69 Å². The molecule has 0 saturated carbocycles. The number of carbonyl (C=O) groups is 1. The van der Waals surface area contributed by atoms with Crippen LogP contribution in [0, 0.1) is 0 Å². The van der Waals surface area contributed by atoms with E-state index in [2.05, 4.69) is 15.6 Å². The second-order valence-corrected chi connectivity index (χ2v) is 7.82. The van der Waals surface area contributed by atoms with Crippen molar-refractivity contribution in [2.24, 2.45) is 7.05 Å². The van der Waals surface area contributed by atoms with Crippen molar-refractivity contribution in [1.82, 2.24) is 14.9 Å². The first-order chi connectivity index (χ1) is 14.5. The maximum Gasteiger partial charge on any atom is 0.246 e. The maximum absolute atomic E-state index is 13.1. The van der Waals surface area contributed by atoms with Crippen LogP contribution >= 0.6 is 23.2 Å². The molecule has 7 heteroatoms. The second kappa shape index (κ2) is 8.88. The molecule has 0 fully saturated rings. The number of para-hydroxylation sites is 2. The number of aryl methyl sites for hydroxylation is 1. The van der Waals surface area contributed by atoms with Crippen LogP contribution in [-0.2, 0) is 18.4 Å². The third-order valence-electron chi connectivity index (χ3n) is 4.87. The Morgan fingerprint density at radius 3 is 2.37 bits per heavy atom. The summed E-state index contributed by atoms with van der Waals surface area (Å²) in [6.45, 7) is 0.425. The van der Waals surface area contributed by atoms with Gasteiger partial charge in [0.2, 0.25) is 5.91 Å². The summed E-state index contributed by atoms with van der Waals surface area (Å²) in [5, 5.41) is 7.16. The SMILES string of the molecule is Cn1c(CN[C@H](C(=O)Nc2cc(Cl)cc(Cl)c2)c2ccccc2)nc2ccccc21. The first-order valence-electron chi connectivity index (χ1n) is 9.47. The lowest BCUT2D eigenvalue weighted by atomic mass is 10.1. The van der Waals surface area contributed by atoms with E-state index in [0.717, 1.165) is 22.4 Å². The summed E-state index contributed by atoms with van der Waals surface area (Å²) in [5.74, 6) is 0.633. The zero-order valence-electron chi connectivity index (χ0n) is 16.3. The van der Waals surface area contributed by atoms with Crippen molar-refractivity contribution in [2.75, 3.05) is 5.32 Å². The van der Waals surface area contributed by atoms with Crippen LogP contribution in [0.2, 0.25) is 10.0 Å². The van der Waals surface area contributed by atoms with E-state index in [9.17, 15) is 4.79 Å². The lowest BCUT2D eigenvalue weighted by molar-refractivity contribution is -0.118. The Balaban J connectivity index is 1.58. The number of nitrogens with one attached hydrogen (secondary N) is 2. The quantitative estimate of drug-likeness (QED) is 0.426. The zero-order chi connectivity index (χ0) is 21.1. The van der Waals surface area contributed by atoms with Crippen molar-refractivity contribution >= 4 is 45.8 Å². The van der Waals surface area contributed by atoms with Crippen molar-refractivity contribution in [1.29, 1.82) is 0 Å². The summed E-state index contributed by atoms with van der Waals surface area (Å²) in [6, 6.07) is 21.9. The average molecular weight is 439 g/mol. The number of carbonyl (C=O) groups excluding carboxylic acids is 1. The molecule has 4 aromatic rings. The second-order valence-electron chi connectivity index (χ2n) is 6.95. The van der Waals surface area contributed by atoms with Crippen molar-refractivity contribution in [3.63, 3.8) is 0 Å². The van der Waals surface area contributed by atoms with Gasteiger partial charge in [0.15, 0.2) is 0 Å². The zero-order valence-corrected chi connectivity index (χ0v) is 17.8. The average Bonchev–Trinajstić information content (AvgIpc) is 3.04. The summed E-state index contributed by atoms with van der Waals surface area (Å²) < 4.78 is 2.03. The van der Waals surface area contributed by atoms with Crippen molar-refractivity contribution in [3.8, 4) is 0 Å². The van der Waals surface area contributed by atoms with Gasteiger partial charge in [0.1, 0.15) is 11.9 Å². The summed E-state index contributed by atoms with van der Waals surface area (Å²) >= 11 is 12.1. The first kappa shape index (κ1) is 20.4. The predicted octanol–water partition coefficient (Wildman–Crippen LogP) is 5.35. The van der Waals surface area contributed by atoms with E-state index in [1.165, 1.54) is 0 Å². The molecule has 0 unspecified atom stereocenters. The fraction of sp³-hybridized carbons (Fsp3) is 0.130. The predicted molar refractivity (Wildman–Crippen MR) is 122 cm³/mol. The van der Waals surface area contributed by atoms with Gasteiger partial charge in [-0.15, -0.1) is 0 Å². The van der Waals surface area contributed by atoms with E-state index >= 15 is 0 Å². The highest BCUT2D eigenvalue weighted by atomic mass is 35.5. The Labute approximate surface area is 184 Å². The molecule has 1 aromatic heterocycles. The van der Waals surface area contributed by atoms with Crippen LogP contribution in [0.1, 0.15) is 17.4 Å². The topological polar surface area (TPSA) is 59.0 Å². The molecular formula is C23H20Cl2N4O. The molecule has 0 spiro atoms. The van der Waals surface area contributed by atoms with E-state index in [1.807, 2.05) is 66.2 Å². The van der Waals surface area contributed by atoms with Gasteiger partial charge >= 0.3 is 0 Å². The molecule has 0 aliphatic heterocycles. The number of fused-ring (bicyclic) bond motifs is 1. The monoisotopic (exact) mass is 438 g/mol. The minimum Gasteiger partial charge on any atom is -0.330 e. The van der Waals surface area contributed by atoms with Crippen LogP contribution in [0.25, 0.3) is 11.0 Å². The smallest absolute Gasteiger partial charge is 0.246 e. The number of halogens is 2. The van der Waals surface area contributed by atoms with E-state index in [0.29, 0.717) is 22.3 Å². The normalized spacial score (nSPS) is 12.1. The Hall–Kier alpha value is -2.86. The molecule has 0 saturated heterocycles. The fourth-order valence-corrected chi connectivity index (χ4v) is 3.92. The highest BCUT2D eigenvalue weighted by Crippen LogP contribution is 2.24. The van der Waals surface area contributed by atoms with Crippen LogP contribution in [-0.4, -0.2) is 15.5 Å². The van der Waals surface area contributed by atoms with E-state index in [-0.39, 0.29) is 5.91 Å². The molecule has 3 aromatic carbocycles. The molecule has 0 aliphatic carbocycles. The summed E-state index contributed by atoms with van der Waals surface area (Å²) in [7, 11) is 1.97. The number of hydrogen-bond acceptors (Lipinski definition) is 3. The molecule has 0 radical (unpaired) electrons. The molecule has 4 rings (SSSR count). The van der Waals surface area contributed by atoms with Gasteiger partial charge in [-0.3, -0.25) is 10.1 Å². The molecule has 1 heterocycles. The van der Waals surface area contributed by atoms with Crippen LogP contribution in [0.15, 0.2) is 72.8 Å². The van der Waals surface area contributed by atoms with Gasteiger partial charge in [-0.05, 0) is 35.9 Å². The minimum atomic E-state index is -0.580. The number of anilines is 1. The molecule has 2 N–H and O–H groups in total. The standard InChI is InChI=1S/C23H20Cl2N4O/c1-29-20-10-6-5-9-19(20)28-21(29)14-26-22(15-7-3-2-4-8-15)23(30)27-18-12-16(24)11-17(25)13-18/h2-13,22,26H,14H2,1H3,(H,27,30)/t22-/m0/s1. The molecule has 30 heavy (non-hydrogen) atoms. The lowest BCUT2D eigenvalue weighted by Gasteiger charge is -2.19. The van der Waals surface area contributed by atoms with Crippen molar-refractivity contribution in [3.05, 3.63) is 94.2 Å². The minimum absolute atomic E-state index is 0.210.